The summed E-state index contributed by atoms with van der Waals surface area (Å²) >= 11 is 0. The van der Waals surface area contributed by atoms with Gasteiger partial charge in [0.2, 0.25) is 0 Å². The molecule has 0 spiro atoms. The third-order valence-corrected chi connectivity index (χ3v) is 3.16. The van der Waals surface area contributed by atoms with Crippen LogP contribution in [0.15, 0.2) is 11.6 Å². The first kappa shape index (κ1) is 10.4. The first-order valence-corrected chi connectivity index (χ1v) is 5.35. The summed E-state index contributed by atoms with van der Waals surface area (Å²) in [5.41, 5.74) is 0.470. The SMILES string of the molecule is CC1=CC(=O)N(C2CCCCC2O)C1=O. The van der Waals surface area contributed by atoms with E-state index in [4.69, 9.17) is 0 Å². The highest BCUT2D eigenvalue weighted by molar-refractivity contribution is 6.16. The highest BCUT2D eigenvalue weighted by atomic mass is 16.3. The van der Waals surface area contributed by atoms with Gasteiger partial charge in [-0.3, -0.25) is 14.5 Å². The van der Waals surface area contributed by atoms with Gasteiger partial charge in [0.25, 0.3) is 11.8 Å². The average molecular weight is 209 g/mol. The Hall–Kier alpha value is -1.16. The molecule has 2 amide bonds. The second-order valence-corrected chi connectivity index (χ2v) is 4.26. The molecule has 2 rings (SSSR count). The van der Waals surface area contributed by atoms with E-state index in [2.05, 4.69) is 0 Å². The molecule has 15 heavy (non-hydrogen) atoms. The Morgan fingerprint density at radius 1 is 1.33 bits per heavy atom. The van der Waals surface area contributed by atoms with Crippen LogP contribution in [0.3, 0.4) is 0 Å². The quantitative estimate of drug-likeness (QED) is 0.643. The molecular formula is C11H15NO3. The zero-order valence-electron chi connectivity index (χ0n) is 8.77. The Morgan fingerprint density at radius 3 is 2.53 bits per heavy atom. The van der Waals surface area contributed by atoms with Crippen molar-refractivity contribution in [3.63, 3.8) is 0 Å². The number of rotatable bonds is 1. The maximum absolute atomic E-state index is 11.7. The summed E-state index contributed by atoms with van der Waals surface area (Å²) in [5.74, 6) is -0.519. The summed E-state index contributed by atoms with van der Waals surface area (Å²) in [6, 6.07) is -0.313. The van der Waals surface area contributed by atoms with Gasteiger partial charge >= 0.3 is 0 Å². The van der Waals surface area contributed by atoms with E-state index in [-0.39, 0.29) is 17.9 Å². The molecule has 1 N–H and O–H groups in total. The standard InChI is InChI=1S/C11H15NO3/c1-7-6-10(14)12(11(7)15)8-4-2-3-5-9(8)13/h6,8-9,13H,2-5H2,1H3. The maximum Gasteiger partial charge on any atom is 0.256 e. The van der Waals surface area contributed by atoms with Crippen LogP contribution in [0.1, 0.15) is 32.6 Å². The van der Waals surface area contributed by atoms with Gasteiger partial charge in [0.15, 0.2) is 0 Å². The van der Waals surface area contributed by atoms with Crippen molar-refractivity contribution in [1.29, 1.82) is 0 Å². The Balaban J connectivity index is 2.17. The maximum atomic E-state index is 11.7. The van der Waals surface area contributed by atoms with Gasteiger partial charge in [0.1, 0.15) is 0 Å². The lowest BCUT2D eigenvalue weighted by Crippen LogP contribution is -2.48. The smallest absolute Gasteiger partial charge is 0.256 e. The van der Waals surface area contributed by atoms with Crippen molar-refractivity contribution in [1.82, 2.24) is 4.90 Å². The molecule has 0 aromatic carbocycles. The van der Waals surface area contributed by atoms with Gasteiger partial charge < -0.3 is 5.11 Å². The van der Waals surface area contributed by atoms with E-state index in [1.54, 1.807) is 6.92 Å². The monoisotopic (exact) mass is 209 g/mol. The Bertz CT molecular complexity index is 335. The second-order valence-electron chi connectivity index (χ2n) is 4.26. The Morgan fingerprint density at radius 2 is 2.00 bits per heavy atom. The number of nitrogens with zero attached hydrogens (tertiary/aromatic N) is 1. The van der Waals surface area contributed by atoms with E-state index in [1.807, 2.05) is 0 Å². The molecule has 1 heterocycles. The van der Waals surface area contributed by atoms with Crippen LogP contribution >= 0.6 is 0 Å². The van der Waals surface area contributed by atoms with Gasteiger partial charge in [0.05, 0.1) is 12.1 Å². The molecule has 0 bridgehead atoms. The number of imide groups is 1. The largest absolute Gasteiger partial charge is 0.391 e. The number of aliphatic hydroxyl groups is 1. The Labute approximate surface area is 88.6 Å². The molecule has 2 unspecified atom stereocenters. The van der Waals surface area contributed by atoms with E-state index in [0.29, 0.717) is 12.0 Å². The van der Waals surface area contributed by atoms with E-state index >= 15 is 0 Å². The van der Waals surface area contributed by atoms with Gasteiger partial charge in [-0.2, -0.15) is 0 Å². The predicted molar refractivity (Wildman–Crippen MR) is 53.9 cm³/mol. The molecule has 0 aromatic rings. The van der Waals surface area contributed by atoms with Gasteiger partial charge in [-0.1, -0.05) is 12.8 Å². The number of carbonyl (C=O) groups excluding carboxylic acids is 2. The molecule has 2 atom stereocenters. The summed E-state index contributed by atoms with van der Waals surface area (Å²) < 4.78 is 0. The van der Waals surface area contributed by atoms with Crippen LogP contribution in [-0.2, 0) is 9.59 Å². The molecule has 2 aliphatic rings. The third kappa shape index (κ3) is 1.69. The Kier molecular flexibility index (Phi) is 2.61. The fourth-order valence-electron chi connectivity index (χ4n) is 2.31. The van der Waals surface area contributed by atoms with E-state index in [0.717, 1.165) is 19.3 Å². The molecule has 1 aliphatic heterocycles. The van der Waals surface area contributed by atoms with Crippen molar-refractivity contribution in [2.45, 2.75) is 44.8 Å². The van der Waals surface area contributed by atoms with Crippen LogP contribution in [0.25, 0.3) is 0 Å². The van der Waals surface area contributed by atoms with Crippen LogP contribution in [0.5, 0.6) is 0 Å². The summed E-state index contributed by atoms with van der Waals surface area (Å²) in [6.07, 6.45) is 4.15. The van der Waals surface area contributed by atoms with Crippen molar-refractivity contribution in [2.75, 3.05) is 0 Å². The van der Waals surface area contributed by atoms with Crippen LogP contribution in [0.2, 0.25) is 0 Å². The average Bonchev–Trinajstić information content (AvgIpc) is 2.43. The predicted octanol–water partition coefficient (Wildman–Crippen LogP) is 0.605. The molecule has 4 nitrogen and oxygen atoms in total. The highest BCUT2D eigenvalue weighted by Gasteiger charge is 2.38. The molecule has 4 heteroatoms. The lowest BCUT2D eigenvalue weighted by molar-refractivity contribution is -0.144. The van der Waals surface area contributed by atoms with Gasteiger partial charge in [0, 0.05) is 11.6 Å². The zero-order chi connectivity index (χ0) is 11.0. The van der Waals surface area contributed by atoms with Crippen LogP contribution in [0.4, 0.5) is 0 Å². The lowest BCUT2D eigenvalue weighted by atomic mass is 9.91. The van der Waals surface area contributed by atoms with Crippen molar-refractivity contribution < 1.29 is 14.7 Å². The molecule has 1 aliphatic carbocycles. The van der Waals surface area contributed by atoms with E-state index in [1.165, 1.54) is 11.0 Å². The van der Waals surface area contributed by atoms with Gasteiger partial charge in [-0.25, -0.2) is 0 Å². The van der Waals surface area contributed by atoms with Crippen molar-refractivity contribution in [3.05, 3.63) is 11.6 Å². The minimum absolute atomic E-state index is 0.244. The molecule has 0 aromatic heterocycles. The van der Waals surface area contributed by atoms with Gasteiger partial charge in [-0.15, -0.1) is 0 Å². The van der Waals surface area contributed by atoms with E-state index < -0.39 is 6.10 Å². The summed E-state index contributed by atoms with van der Waals surface area (Å²) in [6.45, 7) is 1.63. The summed E-state index contributed by atoms with van der Waals surface area (Å²) in [5, 5.41) is 9.78. The molecule has 1 fully saturated rings. The fraction of sp³-hybridized carbons (Fsp3) is 0.636. The molecular weight excluding hydrogens is 194 g/mol. The van der Waals surface area contributed by atoms with Gasteiger partial charge in [-0.05, 0) is 19.8 Å². The van der Waals surface area contributed by atoms with E-state index in [9.17, 15) is 14.7 Å². The first-order chi connectivity index (χ1) is 7.11. The fourth-order valence-corrected chi connectivity index (χ4v) is 2.31. The van der Waals surface area contributed by atoms with Crippen LogP contribution in [-0.4, -0.2) is 34.0 Å². The first-order valence-electron chi connectivity index (χ1n) is 5.35. The third-order valence-electron chi connectivity index (χ3n) is 3.16. The molecule has 0 radical (unpaired) electrons. The molecule has 1 saturated carbocycles. The summed E-state index contributed by atoms with van der Waals surface area (Å²) in [7, 11) is 0. The minimum Gasteiger partial charge on any atom is -0.391 e. The second kappa shape index (κ2) is 3.77. The number of hydrogen-bond acceptors (Lipinski definition) is 3. The number of amides is 2. The van der Waals surface area contributed by atoms with Crippen molar-refractivity contribution in [2.24, 2.45) is 0 Å². The lowest BCUT2D eigenvalue weighted by Gasteiger charge is -2.33. The van der Waals surface area contributed by atoms with Crippen molar-refractivity contribution >= 4 is 11.8 Å². The van der Waals surface area contributed by atoms with Crippen LogP contribution < -0.4 is 0 Å². The van der Waals surface area contributed by atoms with Crippen LogP contribution in [0, 0.1) is 0 Å². The zero-order valence-corrected chi connectivity index (χ0v) is 8.77. The molecule has 0 saturated heterocycles. The summed E-state index contributed by atoms with van der Waals surface area (Å²) in [4.78, 5) is 24.5. The normalized spacial score (nSPS) is 32.1. The van der Waals surface area contributed by atoms with Crippen molar-refractivity contribution in [3.8, 4) is 0 Å². The highest BCUT2D eigenvalue weighted by Crippen LogP contribution is 2.27. The number of aliphatic hydroxyl groups excluding tert-OH is 1. The topological polar surface area (TPSA) is 57.6 Å². The number of carbonyl (C=O) groups is 2. The molecule has 82 valence electrons. The number of hydrogen-bond donors (Lipinski definition) is 1. The minimum atomic E-state index is -0.550.